The minimum absolute atomic E-state index is 0.874. The van der Waals surface area contributed by atoms with E-state index >= 15 is 0 Å². The Bertz CT molecular complexity index is 2970. The van der Waals surface area contributed by atoms with E-state index in [1.807, 2.05) is 6.07 Å². The summed E-state index contributed by atoms with van der Waals surface area (Å²) in [6.07, 6.45) is 0. The molecule has 0 aliphatic heterocycles. The third-order valence-corrected chi connectivity index (χ3v) is 10.5. The van der Waals surface area contributed by atoms with Gasteiger partial charge in [0, 0.05) is 0 Å². The zero-order valence-electron chi connectivity index (χ0n) is 27.7. The fourth-order valence-corrected chi connectivity index (χ4v) is 7.90. The van der Waals surface area contributed by atoms with Crippen LogP contribution in [0.25, 0.3) is 98.0 Å². The smallest absolute Gasteiger partial charge is 0.119 e. The number of fused-ring (bicyclic) bond motifs is 8. The number of hydrogen-bond donors (Lipinski definition) is 0. The summed E-state index contributed by atoms with van der Waals surface area (Å²) in [6, 6.07) is 64.8. The maximum absolute atomic E-state index is 5.48. The Morgan fingerprint density at radius 3 is 1.40 bits per heavy atom. The summed E-state index contributed by atoms with van der Waals surface area (Å²) in [6.45, 7) is 0. The molecule has 0 saturated carbocycles. The molecule has 0 aliphatic carbocycles. The van der Waals surface area contributed by atoms with Crippen LogP contribution in [-0.4, -0.2) is 7.11 Å². The van der Waals surface area contributed by atoms with E-state index < -0.39 is 0 Å². The van der Waals surface area contributed by atoms with Crippen LogP contribution in [-0.2, 0) is 0 Å². The fraction of sp³-hybridized carbons (Fsp3) is 0.0204. The van der Waals surface area contributed by atoms with E-state index in [0.29, 0.717) is 0 Å². The van der Waals surface area contributed by atoms with Gasteiger partial charge in [-0.05, 0) is 147 Å². The Balaban J connectivity index is 1.27. The minimum Gasteiger partial charge on any atom is -0.497 e. The van der Waals surface area contributed by atoms with Crippen molar-refractivity contribution in [3.05, 3.63) is 176 Å². The zero-order valence-corrected chi connectivity index (χ0v) is 27.7. The lowest BCUT2D eigenvalue weighted by Gasteiger charge is -2.17. The van der Waals surface area contributed by atoms with Crippen LogP contribution >= 0.6 is 0 Å². The van der Waals surface area contributed by atoms with E-state index in [0.717, 1.165) is 5.75 Å². The van der Waals surface area contributed by atoms with Crippen molar-refractivity contribution in [2.24, 2.45) is 0 Å². The summed E-state index contributed by atoms with van der Waals surface area (Å²) in [7, 11) is 1.72. The Labute approximate surface area is 290 Å². The highest BCUT2D eigenvalue weighted by molar-refractivity contribution is 6.24. The predicted octanol–water partition coefficient (Wildman–Crippen LogP) is 13.6. The molecule has 0 N–H and O–H groups in total. The molecule has 0 radical (unpaired) electrons. The fourth-order valence-electron chi connectivity index (χ4n) is 7.90. The molecule has 0 aromatic heterocycles. The molecule has 1 heteroatoms. The summed E-state index contributed by atoms with van der Waals surface area (Å²) >= 11 is 0. The first-order valence-electron chi connectivity index (χ1n) is 17.2. The van der Waals surface area contributed by atoms with Crippen LogP contribution in [0.1, 0.15) is 0 Å². The van der Waals surface area contributed by atoms with Crippen LogP contribution < -0.4 is 4.74 Å². The quantitative estimate of drug-likeness (QED) is 0.175. The molecular formula is C49H32O. The molecule has 10 aromatic carbocycles. The third kappa shape index (κ3) is 4.63. The van der Waals surface area contributed by atoms with Gasteiger partial charge in [-0.2, -0.15) is 0 Å². The topological polar surface area (TPSA) is 9.23 Å². The molecule has 234 valence electrons. The van der Waals surface area contributed by atoms with Crippen molar-refractivity contribution < 1.29 is 4.74 Å². The van der Waals surface area contributed by atoms with E-state index in [-0.39, 0.29) is 0 Å². The van der Waals surface area contributed by atoms with E-state index in [2.05, 4.69) is 170 Å². The van der Waals surface area contributed by atoms with Gasteiger partial charge in [-0.15, -0.1) is 0 Å². The minimum atomic E-state index is 0.874. The van der Waals surface area contributed by atoms with Crippen molar-refractivity contribution in [3.8, 4) is 39.1 Å². The first-order chi connectivity index (χ1) is 24.7. The van der Waals surface area contributed by atoms with Crippen LogP contribution in [0, 0.1) is 0 Å². The Hall–Kier alpha value is -6.44. The largest absolute Gasteiger partial charge is 0.497 e. The van der Waals surface area contributed by atoms with E-state index in [1.165, 1.54) is 98.0 Å². The SMILES string of the molecule is COc1ccc2cc(-c3ccc4c(c3)c(-c3ccc5ccccc5c3)cc3c5ccccc5c(-c5ccc6ccccc6c5)cc43)ccc2c1. The summed E-state index contributed by atoms with van der Waals surface area (Å²) in [5.41, 5.74) is 7.36. The molecule has 0 heterocycles. The maximum atomic E-state index is 5.48. The van der Waals surface area contributed by atoms with Gasteiger partial charge in [0.25, 0.3) is 0 Å². The van der Waals surface area contributed by atoms with Gasteiger partial charge >= 0.3 is 0 Å². The zero-order chi connectivity index (χ0) is 33.2. The lowest BCUT2D eigenvalue weighted by Crippen LogP contribution is -1.90. The second kappa shape index (κ2) is 11.3. The maximum Gasteiger partial charge on any atom is 0.119 e. The van der Waals surface area contributed by atoms with Crippen molar-refractivity contribution in [1.29, 1.82) is 0 Å². The standard InChI is InChI=1S/C49H32O/c1-50-41-22-20-36-24-35(16-17-37(36)27-41)38-21-23-44-47(28-38)46(40-19-15-32-9-3-5-11-34(32)26-40)30-48-43-13-7-6-12-42(43)45(29-49(44)48)39-18-14-31-8-2-4-10-33(31)25-39/h2-30H,1H3. The number of rotatable bonds is 4. The molecule has 0 amide bonds. The average molecular weight is 637 g/mol. The number of ether oxygens (including phenoxy) is 1. The van der Waals surface area contributed by atoms with Gasteiger partial charge in [0.1, 0.15) is 5.75 Å². The van der Waals surface area contributed by atoms with Crippen molar-refractivity contribution >= 4 is 64.6 Å². The first-order valence-corrected chi connectivity index (χ1v) is 17.2. The Kier molecular flexibility index (Phi) is 6.47. The third-order valence-electron chi connectivity index (χ3n) is 10.5. The van der Waals surface area contributed by atoms with Gasteiger partial charge in [-0.3, -0.25) is 0 Å². The monoisotopic (exact) mass is 636 g/mol. The van der Waals surface area contributed by atoms with Gasteiger partial charge in [0.15, 0.2) is 0 Å². The Morgan fingerprint density at radius 2 is 0.720 bits per heavy atom. The molecule has 0 unspecified atom stereocenters. The molecule has 50 heavy (non-hydrogen) atoms. The molecule has 10 rings (SSSR count). The van der Waals surface area contributed by atoms with Crippen molar-refractivity contribution in [1.82, 2.24) is 0 Å². The van der Waals surface area contributed by atoms with Crippen molar-refractivity contribution in [2.45, 2.75) is 0 Å². The van der Waals surface area contributed by atoms with E-state index in [4.69, 9.17) is 4.74 Å². The molecule has 0 bridgehead atoms. The summed E-state index contributed by atoms with van der Waals surface area (Å²) in [5, 5.41) is 15.0. The highest BCUT2D eigenvalue weighted by Crippen LogP contribution is 2.44. The normalized spacial score (nSPS) is 11.7. The van der Waals surface area contributed by atoms with Crippen molar-refractivity contribution in [2.75, 3.05) is 7.11 Å². The summed E-state index contributed by atoms with van der Waals surface area (Å²) in [4.78, 5) is 0. The molecule has 0 atom stereocenters. The number of methoxy groups -OCH3 is 1. The number of benzene rings is 10. The van der Waals surface area contributed by atoms with Crippen molar-refractivity contribution in [3.63, 3.8) is 0 Å². The average Bonchev–Trinajstić information content (AvgIpc) is 3.19. The van der Waals surface area contributed by atoms with Gasteiger partial charge in [-0.25, -0.2) is 0 Å². The van der Waals surface area contributed by atoms with Gasteiger partial charge in [0.05, 0.1) is 7.11 Å². The Morgan fingerprint density at radius 1 is 0.280 bits per heavy atom. The van der Waals surface area contributed by atoms with Crippen LogP contribution in [0.15, 0.2) is 176 Å². The van der Waals surface area contributed by atoms with Gasteiger partial charge in [-0.1, -0.05) is 127 Å². The van der Waals surface area contributed by atoms with Crippen LogP contribution in [0.5, 0.6) is 5.75 Å². The molecular weight excluding hydrogens is 605 g/mol. The predicted molar refractivity (Wildman–Crippen MR) is 214 cm³/mol. The van der Waals surface area contributed by atoms with E-state index in [9.17, 15) is 0 Å². The highest BCUT2D eigenvalue weighted by atomic mass is 16.5. The lowest BCUT2D eigenvalue weighted by atomic mass is 9.86. The summed E-state index contributed by atoms with van der Waals surface area (Å²) in [5.74, 6) is 0.874. The van der Waals surface area contributed by atoms with Crippen LogP contribution in [0.3, 0.4) is 0 Å². The van der Waals surface area contributed by atoms with Gasteiger partial charge < -0.3 is 4.74 Å². The van der Waals surface area contributed by atoms with E-state index in [1.54, 1.807) is 7.11 Å². The second-order valence-corrected chi connectivity index (χ2v) is 13.3. The highest BCUT2D eigenvalue weighted by Gasteiger charge is 2.16. The molecule has 0 saturated heterocycles. The molecule has 0 fully saturated rings. The molecule has 1 nitrogen and oxygen atoms in total. The van der Waals surface area contributed by atoms with Gasteiger partial charge in [0.2, 0.25) is 0 Å². The van der Waals surface area contributed by atoms with Crippen LogP contribution in [0.2, 0.25) is 0 Å². The molecule has 0 aliphatic rings. The second-order valence-electron chi connectivity index (χ2n) is 13.3. The molecule has 0 spiro atoms. The molecule has 10 aromatic rings. The first kappa shape index (κ1) is 28.6. The number of hydrogen-bond acceptors (Lipinski definition) is 1. The lowest BCUT2D eigenvalue weighted by molar-refractivity contribution is 0.415. The summed E-state index contributed by atoms with van der Waals surface area (Å²) < 4.78 is 5.48. The van der Waals surface area contributed by atoms with Crippen LogP contribution in [0.4, 0.5) is 0 Å².